The molecule has 1 aromatic carbocycles. The molecule has 3 heterocycles. The van der Waals surface area contributed by atoms with Gasteiger partial charge in [-0.1, -0.05) is 18.2 Å². The lowest BCUT2D eigenvalue weighted by Gasteiger charge is -2.37. The van der Waals surface area contributed by atoms with Gasteiger partial charge in [0, 0.05) is 65.1 Å². The summed E-state index contributed by atoms with van der Waals surface area (Å²) in [6.07, 6.45) is 1.51. The first-order chi connectivity index (χ1) is 15.7. The average Bonchev–Trinajstić information content (AvgIpc) is 3.40. The highest BCUT2D eigenvalue weighted by Crippen LogP contribution is 2.15. The van der Waals surface area contributed by atoms with E-state index in [0.717, 1.165) is 13.1 Å². The Balaban J connectivity index is 1.21. The molecule has 4 rings (SSSR count). The maximum absolute atomic E-state index is 12.7. The fourth-order valence-corrected chi connectivity index (χ4v) is 4.13. The predicted octanol–water partition coefficient (Wildman–Crippen LogP) is 0.962. The Morgan fingerprint density at radius 1 is 0.875 bits per heavy atom. The Hall–Kier alpha value is -3.49. The number of anilines is 1. The van der Waals surface area contributed by atoms with Crippen LogP contribution in [-0.4, -0.2) is 98.4 Å². The number of hydrogen-bond donors (Lipinski definition) is 1. The van der Waals surface area contributed by atoms with Crippen LogP contribution in [-0.2, 0) is 4.79 Å². The lowest BCUT2D eigenvalue weighted by Crippen LogP contribution is -2.56. The van der Waals surface area contributed by atoms with E-state index in [2.05, 4.69) is 32.2 Å². The molecule has 9 heteroatoms. The number of carbonyl (C=O) groups is 2. The van der Waals surface area contributed by atoms with Crippen molar-refractivity contribution < 1.29 is 14.0 Å². The topological polar surface area (TPSA) is 84.6 Å². The van der Waals surface area contributed by atoms with Crippen molar-refractivity contribution in [2.45, 2.75) is 0 Å². The van der Waals surface area contributed by atoms with Gasteiger partial charge in [0.25, 0.3) is 5.91 Å². The quantitative estimate of drug-likeness (QED) is 0.566. The molecule has 1 N–H and O–H groups in total. The predicted molar refractivity (Wildman–Crippen MR) is 123 cm³/mol. The molecule has 0 atom stereocenters. The summed E-state index contributed by atoms with van der Waals surface area (Å²) in [5.41, 5.74) is 1.20. The number of carbonyl (C=O) groups excluding carboxylic acids is 2. The van der Waals surface area contributed by atoms with Crippen LogP contribution in [0.15, 0.2) is 58.1 Å². The highest BCUT2D eigenvalue weighted by molar-refractivity contribution is 5.92. The van der Waals surface area contributed by atoms with Gasteiger partial charge in [-0.15, -0.1) is 0 Å². The number of piperazine rings is 2. The van der Waals surface area contributed by atoms with Crippen LogP contribution in [0.1, 0.15) is 10.6 Å². The van der Waals surface area contributed by atoms with Gasteiger partial charge < -0.3 is 29.3 Å². The van der Waals surface area contributed by atoms with Crippen molar-refractivity contribution in [2.24, 2.45) is 4.99 Å². The monoisotopic (exact) mass is 438 g/mol. The van der Waals surface area contributed by atoms with Crippen molar-refractivity contribution in [3.05, 3.63) is 54.5 Å². The molecule has 0 bridgehead atoms. The van der Waals surface area contributed by atoms with E-state index in [1.165, 1.54) is 12.0 Å². The van der Waals surface area contributed by atoms with E-state index in [4.69, 9.17) is 4.42 Å². The van der Waals surface area contributed by atoms with E-state index in [0.29, 0.717) is 51.0 Å². The van der Waals surface area contributed by atoms with Gasteiger partial charge in [0.2, 0.25) is 5.91 Å². The summed E-state index contributed by atoms with van der Waals surface area (Å²) in [6.45, 7) is 5.75. The van der Waals surface area contributed by atoms with Gasteiger partial charge in [0.05, 0.1) is 12.8 Å². The Morgan fingerprint density at radius 3 is 2.16 bits per heavy atom. The van der Waals surface area contributed by atoms with Crippen LogP contribution in [0, 0.1) is 0 Å². The summed E-state index contributed by atoms with van der Waals surface area (Å²) in [5.74, 6) is 1.03. The molecule has 32 heavy (non-hydrogen) atoms. The summed E-state index contributed by atoms with van der Waals surface area (Å²) < 4.78 is 5.21. The lowest BCUT2D eigenvalue weighted by atomic mass is 10.2. The Kier molecular flexibility index (Phi) is 6.94. The van der Waals surface area contributed by atoms with Crippen LogP contribution >= 0.6 is 0 Å². The highest BCUT2D eigenvalue weighted by Gasteiger charge is 2.26. The number of para-hydroxylation sites is 1. The summed E-state index contributed by atoms with van der Waals surface area (Å²) in [7, 11) is 1.71. The zero-order valence-corrected chi connectivity index (χ0v) is 18.4. The average molecular weight is 439 g/mol. The second-order valence-corrected chi connectivity index (χ2v) is 7.86. The van der Waals surface area contributed by atoms with E-state index in [-0.39, 0.29) is 18.4 Å². The first kappa shape index (κ1) is 21.7. The number of hydrogen-bond acceptors (Lipinski definition) is 5. The minimum atomic E-state index is -0.0950. The Bertz CT molecular complexity index is 914. The lowest BCUT2D eigenvalue weighted by molar-refractivity contribution is -0.130. The van der Waals surface area contributed by atoms with E-state index in [1.807, 2.05) is 23.1 Å². The number of amides is 2. The molecule has 0 radical (unpaired) electrons. The van der Waals surface area contributed by atoms with E-state index in [1.54, 1.807) is 24.1 Å². The van der Waals surface area contributed by atoms with Gasteiger partial charge in [-0.25, -0.2) is 0 Å². The second-order valence-electron chi connectivity index (χ2n) is 7.86. The molecule has 0 aliphatic carbocycles. The molecule has 2 aliphatic rings. The number of nitrogens with zero attached hydrogens (tertiary/aromatic N) is 5. The smallest absolute Gasteiger partial charge is 0.289 e. The molecular formula is C23H30N6O3. The first-order valence-electron chi connectivity index (χ1n) is 11.0. The van der Waals surface area contributed by atoms with Crippen molar-refractivity contribution in [1.82, 2.24) is 20.0 Å². The number of benzene rings is 1. The van der Waals surface area contributed by atoms with Gasteiger partial charge in [-0.2, -0.15) is 0 Å². The molecule has 2 saturated heterocycles. The normalized spacial score (nSPS) is 17.5. The van der Waals surface area contributed by atoms with Gasteiger partial charge >= 0.3 is 0 Å². The SMILES string of the molecule is CN=C(NCC(=O)N1CCN(c2ccccc2)CC1)N1CCN(C(=O)c2ccco2)CC1. The third kappa shape index (κ3) is 5.04. The Labute approximate surface area is 188 Å². The molecule has 9 nitrogen and oxygen atoms in total. The number of furan rings is 1. The van der Waals surface area contributed by atoms with E-state index < -0.39 is 0 Å². The van der Waals surface area contributed by atoms with Crippen molar-refractivity contribution in [3.8, 4) is 0 Å². The van der Waals surface area contributed by atoms with Crippen LogP contribution in [0.5, 0.6) is 0 Å². The summed E-state index contributed by atoms with van der Waals surface area (Å²) in [6, 6.07) is 13.7. The third-order valence-electron chi connectivity index (χ3n) is 5.96. The van der Waals surface area contributed by atoms with Crippen LogP contribution in [0.3, 0.4) is 0 Å². The minimum Gasteiger partial charge on any atom is -0.459 e. The van der Waals surface area contributed by atoms with Gasteiger partial charge in [0.1, 0.15) is 0 Å². The zero-order valence-electron chi connectivity index (χ0n) is 18.4. The van der Waals surface area contributed by atoms with Crippen LogP contribution in [0.4, 0.5) is 5.69 Å². The first-order valence-corrected chi connectivity index (χ1v) is 11.0. The van der Waals surface area contributed by atoms with Crippen LogP contribution in [0.25, 0.3) is 0 Å². The number of rotatable bonds is 4. The maximum atomic E-state index is 12.7. The van der Waals surface area contributed by atoms with Crippen molar-refractivity contribution in [3.63, 3.8) is 0 Å². The van der Waals surface area contributed by atoms with Crippen molar-refractivity contribution in [2.75, 3.05) is 70.9 Å². The number of aliphatic imine (C=N–C) groups is 1. The molecule has 1 aromatic heterocycles. The molecule has 0 saturated carbocycles. The van der Waals surface area contributed by atoms with Crippen molar-refractivity contribution >= 4 is 23.5 Å². The molecule has 0 unspecified atom stereocenters. The van der Waals surface area contributed by atoms with Gasteiger partial charge in [-0.3, -0.25) is 14.6 Å². The molecule has 2 fully saturated rings. The highest BCUT2D eigenvalue weighted by atomic mass is 16.3. The maximum Gasteiger partial charge on any atom is 0.289 e. The fraction of sp³-hybridized carbons (Fsp3) is 0.435. The van der Waals surface area contributed by atoms with Crippen LogP contribution in [0.2, 0.25) is 0 Å². The molecular weight excluding hydrogens is 408 g/mol. The van der Waals surface area contributed by atoms with Crippen molar-refractivity contribution in [1.29, 1.82) is 0 Å². The molecule has 2 amide bonds. The fourth-order valence-electron chi connectivity index (χ4n) is 4.13. The summed E-state index contributed by atoms with van der Waals surface area (Å²) in [4.78, 5) is 37.5. The van der Waals surface area contributed by atoms with Crippen LogP contribution < -0.4 is 10.2 Å². The molecule has 0 spiro atoms. The largest absolute Gasteiger partial charge is 0.459 e. The summed E-state index contributed by atoms with van der Waals surface area (Å²) >= 11 is 0. The number of guanidine groups is 1. The van der Waals surface area contributed by atoms with Gasteiger partial charge in [-0.05, 0) is 24.3 Å². The number of nitrogens with one attached hydrogen (secondary N) is 1. The summed E-state index contributed by atoms with van der Waals surface area (Å²) in [5, 5.41) is 3.20. The zero-order chi connectivity index (χ0) is 22.3. The standard InChI is InChI=1S/C23H30N6O3/c1-24-23(29-15-13-28(14-16-29)22(31)20-8-5-17-32-20)25-18-21(30)27-11-9-26(10-12-27)19-6-3-2-4-7-19/h2-8,17H,9-16,18H2,1H3,(H,24,25). The van der Waals surface area contributed by atoms with Gasteiger partial charge in [0.15, 0.2) is 11.7 Å². The molecule has 2 aromatic rings. The molecule has 170 valence electrons. The van der Waals surface area contributed by atoms with E-state index >= 15 is 0 Å². The minimum absolute atomic E-state index is 0.0745. The van der Waals surface area contributed by atoms with E-state index in [9.17, 15) is 9.59 Å². The second kappa shape index (κ2) is 10.2. The third-order valence-corrected chi connectivity index (χ3v) is 5.96. The molecule has 2 aliphatic heterocycles. The Morgan fingerprint density at radius 2 is 1.53 bits per heavy atom.